The molecule has 0 radical (unpaired) electrons. The number of aromatic nitrogens is 2. The first-order chi connectivity index (χ1) is 16.7. The highest BCUT2D eigenvalue weighted by molar-refractivity contribution is 5.84. The van der Waals surface area contributed by atoms with Crippen molar-refractivity contribution >= 4 is 17.3 Å². The third-order valence-corrected chi connectivity index (χ3v) is 5.71. The van der Waals surface area contributed by atoms with E-state index in [-0.39, 0.29) is 5.97 Å². The molecular formula is C29H25N3O2. The lowest BCUT2D eigenvalue weighted by Gasteiger charge is -2.20. The molecule has 5 aromatic rings. The van der Waals surface area contributed by atoms with Crippen LogP contribution in [0.5, 0.6) is 0 Å². The summed E-state index contributed by atoms with van der Waals surface area (Å²) < 4.78 is 7.44. The fourth-order valence-corrected chi connectivity index (χ4v) is 4.12. The van der Waals surface area contributed by atoms with Crippen LogP contribution in [0.15, 0.2) is 109 Å². The molecule has 0 saturated carbocycles. The van der Waals surface area contributed by atoms with Gasteiger partial charge in [-0.15, -0.1) is 0 Å². The first-order valence-electron chi connectivity index (χ1n) is 11.4. The number of carbonyl (C=O) groups is 1. The maximum Gasteiger partial charge on any atom is 0.334 e. The highest BCUT2D eigenvalue weighted by atomic mass is 16.5. The molecule has 2 aromatic heterocycles. The standard InChI is InChI=1S/C29H25N3O2/c1-2-34-29(33)27(30-24-18-16-22(17-19-24)21-11-5-3-6-12-21)28-26(23-13-7-4-8-14-23)31-25-15-9-10-20-32(25)28/h3-20,27,30H,2H2,1H3. The molecule has 0 amide bonds. The predicted molar refractivity (Wildman–Crippen MR) is 136 cm³/mol. The molecule has 34 heavy (non-hydrogen) atoms. The Kier molecular flexibility index (Phi) is 6.08. The molecule has 0 aliphatic heterocycles. The minimum absolute atomic E-state index is 0.293. The summed E-state index contributed by atoms with van der Waals surface area (Å²) in [6, 6.07) is 33.3. The predicted octanol–water partition coefficient (Wildman–Crippen LogP) is 6.38. The van der Waals surface area contributed by atoms with Crippen LogP contribution < -0.4 is 5.32 Å². The molecule has 1 unspecified atom stereocenters. The molecule has 0 fully saturated rings. The molecule has 168 valence electrons. The number of hydrogen-bond donors (Lipinski definition) is 1. The van der Waals surface area contributed by atoms with Crippen molar-refractivity contribution < 1.29 is 9.53 Å². The quantitative estimate of drug-likeness (QED) is 0.294. The molecule has 0 aliphatic rings. The smallest absolute Gasteiger partial charge is 0.334 e. The van der Waals surface area contributed by atoms with E-state index in [0.29, 0.717) is 6.61 Å². The molecule has 2 heterocycles. The minimum Gasteiger partial charge on any atom is -0.464 e. The van der Waals surface area contributed by atoms with Crippen molar-refractivity contribution in [2.45, 2.75) is 13.0 Å². The van der Waals surface area contributed by atoms with Crippen molar-refractivity contribution in [1.82, 2.24) is 9.38 Å². The first kappa shape index (κ1) is 21.5. The largest absolute Gasteiger partial charge is 0.464 e. The van der Waals surface area contributed by atoms with Crippen LogP contribution in [0.4, 0.5) is 5.69 Å². The first-order valence-corrected chi connectivity index (χ1v) is 11.4. The molecule has 1 atom stereocenters. The van der Waals surface area contributed by atoms with E-state index in [1.807, 2.05) is 109 Å². The van der Waals surface area contributed by atoms with E-state index in [9.17, 15) is 4.79 Å². The van der Waals surface area contributed by atoms with Gasteiger partial charge in [-0.05, 0) is 42.3 Å². The van der Waals surface area contributed by atoms with Gasteiger partial charge in [0.1, 0.15) is 5.65 Å². The van der Waals surface area contributed by atoms with Crippen molar-refractivity contribution in [3.8, 4) is 22.4 Å². The zero-order chi connectivity index (χ0) is 23.3. The summed E-state index contributed by atoms with van der Waals surface area (Å²) in [6.07, 6.45) is 1.93. The van der Waals surface area contributed by atoms with Crippen LogP contribution in [-0.4, -0.2) is 22.0 Å². The summed E-state index contributed by atoms with van der Waals surface area (Å²) in [4.78, 5) is 18.1. The summed E-state index contributed by atoms with van der Waals surface area (Å²) in [7, 11) is 0. The molecule has 0 saturated heterocycles. The van der Waals surface area contributed by atoms with Gasteiger partial charge in [0.05, 0.1) is 18.0 Å². The molecule has 0 bridgehead atoms. The average Bonchev–Trinajstić information content (AvgIpc) is 3.28. The summed E-state index contributed by atoms with van der Waals surface area (Å²) in [5, 5.41) is 3.41. The summed E-state index contributed by atoms with van der Waals surface area (Å²) in [5.41, 5.74) is 6.28. The number of benzene rings is 3. The van der Waals surface area contributed by atoms with Gasteiger partial charge >= 0.3 is 5.97 Å². The highest BCUT2D eigenvalue weighted by Crippen LogP contribution is 2.32. The normalized spacial score (nSPS) is 11.8. The Labute approximate surface area is 198 Å². The molecule has 0 spiro atoms. The lowest BCUT2D eigenvalue weighted by Crippen LogP contribution is -2.25. The molecule has 1 N–H and O–H groups in total. The van der Waals surface area contributed by atoms with Crippen LogP contribution in [0.25, 0.3) is 28.0 Å². The Hall–Kier alpha value is -4.38. The Morgan fingerprint density at radius 1 is 0.824 bits per heavy atom. The van der Waals surface area contributed by atoms with Gasteiger partial charge in [0, 0.05) is 17.4 Å². The SMILES string of the molecule is CCOC(=O)C(Nc1ccc(-c2ccccc2)cc1)c1c(-c2ccccc2)nc2ccccn12. The second-order valence-corrected chi connectivity index (χ2v) is 7.91. The molecular weight excluding hydrogens is 422 g/mol. The van der Waals surface area contributed by atoms with E-state index in [4.69, 9.17) is 9.72 Å². The Morgan fingerprint density at radius 2 is 1.44 bits per heavy atom. The Morgan fingerprint density at radius 3 is 2.12 bits per heavy atom. The summed E-state index contributed by atoms with van der Waals surface area (Å²) >= 11 is 0. The van der Waals surface area contributed by atoms with Gasteiger partial charge in [0.2, 0.25) is 0 Å². The lowest BCUT2D eigenvalue weighted by molar-refractivity contribution is -0.144. The molecule has 5 nitrogen and oxygen atoms in total. The number of hydrogen-bond acceptors (Lipinski definition) is 4. The second kappa shape index (κ2) is 9.63. The maximum atomic E-state index is 13.2. The van der Waals surface area contributed by atoms with Crippen molar-refractivity contribution in [1.29, 1.82) is 0 Å². The van der Waals surface area contributed by atoms with E-state index in [0.717, 1.165) is 39.4 Å². The van der Waals surface area contributed by atoms with Gasteiger partial charge in [-0.1, -0.05) is 78.9 Å². The van der Waals surface area contributed by atoms with E-state index in [1.54, 1.807) is 0 Å². The number of nitrogens with one attached hydrogen (secondary N) is 1. The van der Waals surface area contributed by atoms with Crippen LogP contribution in [0.3, 0.4) is 0 Å². The monoisotopic (exact) mass is 447 g/mol. The molecule has 0 aliphatic carbocycles. The minimum atomic E-state index is -0.741. The van der Waals surface area contributed by atoms with Gasteiger partial charge in [-0.25, -0.2) is 9.78 Å². The van der Waals surface area contributed by atoms with Crippen LogP contribution in [-0.2, 0) is 9.53 Å². The third-order valence-electron chi connectivity index (χ3n) is 5.71. The lowest BCUT2D eigenvalue weighted by atomic mass is 10.0. The average molecular weight is 448 g/mol. The number of ether oxygens (including phenoxy) is 1. The van der Waals surface area contributed by atoms with Gasteiger partial charge in [0.15, 0.2) is 6.04 Å². The Bertz CT molecular complexity index is 1390. The van der Waals surface area contributed by atoms with Crippen LogP contribution >= 0.6 is 0 Å². The zero-order valence-corrected chi connectivity index (χ0v) is 18.9. The number of esters is 1. The maximum absolute atomic E-state index is 13.2. The van der Waals surface area contributed by atoms with Crippen LogP contribution in [0, 0.1) is 0 Å². The van der Waals surface area contributed by atoms with E-state index in [2.05, 4.69) is 17.4 Å². The third kappa shape index (κ3) is 4.28. The highest BCUT2D eigenvalue weighted by Gasteiger charge is 2.29. The van der Waals surface area contributed by atoms with E-state index in [1.165, 1.54) is 0 Å². The molecule has 3 aromatic carbocycles. The fraction of sp³-hybridized carbons (Fsp3) is 0.103. The van der Waals surface area contributed by atoms with Crippen molar-refractivity contribution in [2.24, 2.45) is 0 Å². The second-order valence-electron chi connectivity index (χ2n) is 7.91. The summed E-state index contributed by atoms with van der Waals surface area (Å²) in [5.74, 6) is -0.350. The number of carbonyl (C=O) groups excluding carboxylic acids is 1. The number of fused-ring (bicyclic) bond motifs is 1. The van der Waals surface area contributed by atoms with Gasteiger partial charge in [-0.3, -0.25) is 0 Å². The van der Waals surface area contributed by atoms with Crippen LogP contribution in [0.2, 0.25) is 0 Å². The molecule has 5 rings (SSSR count). The number of rotatable bonds is 7. The van der Waals surface area contributed by atoms with Gasteiger partial charge < -0.3 is 14.5 Å². The van der Waals surface area contributed by atoms with Crippen LogP contribution in [0.1, 0.15) is 18.7 Å². The number of nitrogens with zero attached hydrogens (tertiary/aromatic N) is 2. The zero-order valence-electron chi connectivity index (χ0n) is 18.9. The Balaban J connectivity index is 1.58. The van der Waals surface area contributed by atoms with Crippen molar-refractivity contribution in [3.63, 3.8) is 0 Å². The summed E-state index contributed by atoms with van der Waals surface area (Å²) in [6.45, 7) is 2.11. The van der Waals surface area contributed by atoms with Gasteiger partial charge in [-0.2, -0.15) is 0 Å². The van der Waals surface area contributed by atoms with E-state index < -0.39 is 6.04 Å². The topological polar surface area (TPSA) is 55.6 Å². The van der Waals surface area contributed by atoms with Crippen molar-refractivity contribution in [3.05, 3.63) is 115 Å². The van der Waals surface area contributed by atoms with Crippen molar-refractivity contribution in [2.75, 3.05) is 11.9 Å². The number of anilines is 1. The fourth-order valence-electron chi connectivity index (χ4n) is 4.12. The number of imidazole rings is 1. The van der Waals surface area contributed by atoms with E-state index >= 15 is 0 Å². The number of pyridine rings is 1. The van der Waals surface area contributed by atoms with Gasteiger partial charge in [0.25, 0.3) is 0 Å². The molecule has 5 heteroatoms.